The maximum Gasteiger partial charge on any atom is 0.338 e. The summed E-state index contributed by atoms with van der Waals surface area (Å²) >= 11 is 0. The number of benzene rings is 1. The first-order chi connectivity index (χ1) is 12.1. The van der Waals surface area contributed by atoms with Crippen molar-refractivity contribution in [2.45, 2.75) is 26.2 Å². The predicted octanol–water partition coefficient (Wildman–Crippen LogP) is 2.96. The molecular formula is C20H21NO4. The minimum Gasteiger partial charge on any atom is -0.462 e. The average molecular weight is 339 g/mol. The number of hydrogen-bond acceptors (Lipinski definition) is 4. The maximum atomic E-state index is 12.8. The molecule has 2 aliphatic carbocycles. The van der Waals surface area contributed by atoms with Crippen molar-refractivity contribution in [3.63, 3.8) is 0 Å². The maximum absolute atomic E-state index is 12.8. The lowest BCUT2D eigenvalue weighted by Crippen LogP contribution is -2.32. The molecule has 5 heteroatoms. The molecule has 1 aromatic rings. The van der Waals surface area contributed by atoms with Crippen LogP contribution in [0.2, 0.25) is 0 Å². The van der Waals surface area contributed by atoms with Crippen LogP contribution in [0.5, 0.6) is 0 Å². The minimum atomic E-state index is -0.377. The number of ether oxygens (including phenoxy) is 1. The van der Waals surface area contributed by atoms with Crippen molar-refractivity contribution in [2.24, 2.45) is 23.7 Å². The van der Waals surface area contributed by atoms with Gasteiger partial charge in [0.15, 0.2) is 0 Å². The van der Waals surface area contributed by atoms with Gasteiger partial charge in [-0.25, -0.2) is 4.79 Å². The first-order valence-electron chi connectivity index (χ1n) is 8.95. The standard InChI is InChI=1S/C20H21NO4/c1-2-3-10-25-20(24)12-6-8-15(9-7-12)21-18(22)16-13-4-5-14(11-13)17(16)19(21)23/h4-9,13-14,16-17H,2-3,10-11H2,1H3/t13-,14+,16+,17-. The Morgan fingerprint density at radius 1 is 1.08 bits per heavy atom. The molecule has 0 spiro atoms. The number of nitrogens with zero attached hydrogens (tertiary/aromatic N) is 1. The monoisotopic (exact) mass is 339 g/mol. The number of anilines is 1. The van der Waals surface area contributed by atoms with E-state index in [2.05, 4.69) is 12.2 Å². The van der Waals surface area contributed by atoms with Crippen LogP contribution in [0.3, 0.4) is 0 Å². The van der Waals surface area contributed by atoms with Crippen LogP contribution in [-0.4, -0.2) is 24.4 Å². The number of imide groups is 1. The van der Waals surface area contributed by atoms with Crippen molar-refractivity contribution < 1.29 is 19.1 Å². The number of hydrogen-bond donors (Lipinski definition) is 0. The summed E-state index contributed by atoms with van der Waals surface area (Å²) in [6, 6.07) is 6.54. The Hall–Kier alpha value is -2.43. The second-order valence-corrected chi connectivity index (χ2v) is 7.05. The van der Waals surface area contributed by atoms with Crippen LogP contribution in [-0.2, 0) is 14.3 Å². The van der Waals surface area contributed by atoms with Gasteiger partial charge in [0, 0.05) is 0 Å². The van der Waals surface area contributed by atoms with Crippen LogP contribution in [0, 0.1) is 23.7 Å². The largest absolute Gasteiger partial charge is 0.462 e. The third-order valence-electron chi connectivity index (χ3n) is 5.56. The van der Waals surface area contributed by atoms with Gasteiger partial charge in [-0.3, -0.25) is 14.5 Å². The predicted molar refractivity (Wildman–Crippen MR) is 91.8 cm³/mol. The molecule has 1 saturated heterocycles. The van der Waals surface area contributed by atoms with Gasteiger partial charge in [-0.05, 0) is 48.9 Å². The summed E-state index contributed by atoms with van der Waals surface area (Å²) < 4.78 is 5.18. The Kier molecular flexibility index (Phi) is 3.94. The number of amides is 2. The van der Waals surface area contributed by atoms with Gasteiger partial charge in [-0.15, -0.1) is 0 Å². The van der Waals surface area contributed by atoms with Gasteiger partial charge in [-0.2, -0.15) is 0 Å². The second-order valence-electron chi connectivity index (χ2n) is 7.05. The molecule has 4 atom stereocenters. The second kappa shape index (κ2) is 6.14. The molecule has 2 amide bonds. The summed E-state index contributed by atoms with van der Waals surface area (Å²) in [5, 5.41) is 0. The number of fused-ring (bicyclic) bond motifs is 5. The molecule has 0 radical (unpaired) electrons. The van der Waals surface area contributed by atoms with E-state index in [1.807, 2.05) is 6.92 Å². The molecule has 0 aromatic heterocycles. The molecule has 2 bridgehead atoms. The highest BCUT2D eigenvalue weighted by Gasteiger charge is 2.59. The Balaban J connectivity index is 1.50. The van der Waals surface area contributed by atoms with E-state index in [1.54, 1.807) is 24.3 Å². The number of allylic oxidation sites excluding steroid dienone is 2. The summed E-state index contributed by atoms with van der Waals surface area (Å²) in [7, 11) is 0. The van der Waals surface area contributed by atoms with Gasteiger partial charge in [0.05, 0.1) is 29.7 Å². The van der Waals surface area contributed by atoms with Crippen LogP contribution in [0.1, 0.15) is 36.5 Å². The van der Waals surface area contributed by atoms with Gasteiger partial charge >= 0.3 is 5.97 Å². The van der Waals surface area contributed by atoms with E-state index in [1.165, 1.54) is 4.90 Å². The summed E-state index contributed by atoms with van der Waals surface area (Å²) in [6.07, 6.45) is 6.87. The fourth-order valence-electron chi connectivity index (χ4n) is 4.30. The first kappa shape index (κ1) is 16.1. The van der Waals surface area contributed by atoms with Crippen LogP contribution in [0.15, 0.2) is 36.4 Å². The number of rotatable bonds is 5. The third-order valence-corrected chi connectivity index (χ3v) is 5.56. The van der Waals surface area contributed by atoms with Gasteiger partial charge in [0.1, 0.15) is 0 Å². The number of esters is 1. The molecule has 4 rings (SSSR count). The fourth-order valence-corrected chi connectivity index (χ4v) is 4.30. The van der Waals surface area contributed by atoms with E-state index in [9.17, 15) is 14.4 Å². The van der Waals surface area contributed by atoms with Gasteiger partial charge < -0.3 is 4.74 Å². The summed E-state index contributed by atoms with van der Waals surface area (Å²) in [4.78, 5) is 38.8. The Morgan fingerprint density at radius 3 is 2.24 bits per heavy atom. The first-order valence-corrected chi connectivity index (χ1v) is 8.95. The van der Waals surface area contributed by atoms with E-state index in [-0.39, 0.29) is 41.5 Å². The molecule has 0 unspecified atom stereocenters. The van der Waals surface area contributed by atoms with Crippen LogP contribution >= 0.6 is 0 Å². The molecule has 1 heterocycles. The summed E-state index contributed by atoms with van der Waals surface area (Å²) in [5.41, 5.74) is 0.967. The highest BCUT2D eigenvalue weighted by Crippen LogP contribution is 2.53. The van der Waals surface area contributed by atoms with E-state index >= 15 is 0 Å². The SMILES string of the molecule is CCCCOC(=O)c1ccc(N2C(=O)[C@@H]3[C@H](C2=O)[C@H]2C=C[C@@H]3C2)cc1. The van der Waals surface area contributed by atoms with E-state index in [0.29, 0.717) is 17.9 Å². The van der Waals surface area contributed by atoms with Crippen molar-refractivity contribution in [3.05, 3.63) is 42.0 Å². The molecule has 2 fully saturated rings. The number of carbonyl (C=O) groups excluding carboxylic acids is 3. The van der Waals surface area contributed by atoms with Crippen molar-refractivity contribution in [2.75, 3.05) is 11.5 Å². The van der Waals surface area contributed by atoms with Crippen LogP contribution < -0.4 is 4.90 Å². The van der Waals surface area contributed by atoms with Gasteiger partial charge in [-0.1, -0.05) is 25.5 Å². The quantitative estimate of drug-likeness (QED) is 0.358. The van der Waals surface area contributed by atoms with Crippen LogP contribution in [0.25, 0.3) is 0 Å². The summed E-state index contributed by atoms with van der Waals surface area (Å²) in [6.45, 7) is 2.43. The lowest BCUT2D eigenvalue weighted by atomic mass is 9.85. The zero-order chi connectivity index (χ0) is 17.6. The van der Waals surface area contributed by atoms with Gasteiger partial charge in [0.25, 0.3) is 0 Å². The third kappa shape index (κ3) is 2.49. The molecule has 1 aromatic carbocycles. The normalized spacial score (nSPS) is 29.4. The molecule has 3 aliphatic rings. The molecule has 25 heavy (non-hydrogen) atoms. The minimum absolute atomic E-state index is 0.106. The molecule has 0 N–H and O–H groups in total. The van der Waals surface area contributed by atoms with Crippen molar-refractivity contribution in [3.8, 4) is 0 Å². The molecule has 1 aliphatic heterocycles. The van der Waals surface area contributed by atoms with E-state index < -0.39 is 0 Å². The highest BCUT2D eigenvalue weighted by molar-refractivity contribution is 6.22. The van der Waals surface area contributed by atoms with Crippen molar-refractivity contribution in [1.82, 2.24) is 0 Å². The fraction of sp³-hybridized carbons (Fsp3) is 0.450. The summed E-state index contributed by atoms with van der Waals surface area (Å²) in [5.74, 6) is -0.607. The van der Waals surface area contributed by atoms with Gasteiger partial charge in [0.2, 0.25) is 11.8 Å². The smallest absolute Gasteiger partial charge is 0.338 e. The van der Waals surface area contributed by atoms with Crippen molar-refractivity contribution in [1.29, 1.82) is 0 Å². The van der Waals surface area contributed by atoms with Crippen LogP contribution in [0.4, 0.5) is 5.69 Å². The average Bonchev–Trinajstić information content (AvgIpc) is 3.29. The molecule has 130 valence electrons. The molecule has 5 nitrogen and oxygen atoms in total. The zero-order valence-electron chi connectivity index (χ0n) is 14.2. The van der Waals surface area contributed by atoms with E-state index in [4.69, 9.17) is 4.74 Å². The number of carbonyl (C=O) groups is 3. The lowest BCUT2D eigenvalue weighted by molar-refractivity contribution is -0.123. The Bertz CT molecular complexity index is 721. The topological polar surface area (TPSA) is 63.7 Å². The highest BCUT2D eigenvalue weighted by atomic mass is 16.5. The number of unbranched alkanes of at least 4 members (excludes halogenated alkanes) is 1. The molecular weight excluding hydrogens is 318 g/mol. The molecule has 1 saturated carbocycles. The lowest BCUT2D eigenvalue weighted by Gasteiger charge is -2.17. The zero-order valence-corrected chi connectivity index (χ0v) is 14.2. The van der Waals surface area contributed by atoms with E-state index in [0.717, 1.165) is 19.3 Å². The Labute approximate surface area is 146 Å². The van der Waals surface area contributed by atoms with Crippen molar-refractivity contribution >= 4 is 23.5 Å². The Morgan fingerprint density at radius 2 is 1.68 bits per heavy atom.